The van der Waals surface area contributed by atoms with E-state index in [0.29, 0.717) is 35.8 Å². The van der Waals surface area contributed by atoms with Gasteiger partial charge in [-0.1, -0.05) is 18.2 Å². The van der Waals surface area contributed by atoms with Crippen molar-refractivity contribution in [1.29, 1.82) is 0 Å². The molecule has 0 aromatic heterocycles. The lowest BCUT2D eigenvalue weighted by Crippen LogP contribution is -2.32. The fourth-order valence-electron chi connectivity index (χ4n) is 3.08. The minimum absolute atomic E-state index is 0.145. The molecule has 6 heteroatoms. The number of nitrogens with one attached hydrogen (secondary N) is 1. The van der Waals surface area contributed by atoms with E-state index in [-0.39, 0.29) is 24.1 Å². The van der Waals surface area contributed by atoms with Gasteiger partial charge < -0.3 is 14.8 Å². The summed E-state index contributed by atoms with van der Waals surface area (Å²) in [4.78, 5) is 27.1. The molecule has 1 aliphatic heterocycles. The molecule has 0 spiro atoms. The van der Waals surface area contributed by atoms with Crippen LogP contribution in [0.15, 0.2) is 66.9 Å². The summed E-state index contributed by atoms with van der Waals surface area (Å²) < 4.78 is 10.9. The second-order valence-corrected chi connectivity index (χ2v) is 6.30. The normalized spacial score (nSPS) is 13.7. The molecule has 3 rings (SSSR count). The monoisotopic (exact) mass is 392 g/mol. The Kier molecular flexibility index (Phi) is 6.34. The first-order valence-corrected chi connectivity index (χ1v) is 9.53. The smallest absolute Gasteiger partial charge is 0.278 e. The quantitative estimate of drug-likeness (QED) is 0.518. The molecule has 2 aromatic rings. The topological polar surface area (TPSA) is 67.9 Å². The zero-order chi connectivity index (χ0) is 20.8. The van der Waals surface area contributed by atoms with E-state index >= 15 is 0 Å². The fraction of sp³-hybridized carbons (Fsp3) is 0.217. The largest absolute Gasteiger partial charge is 0.494 e. The van der Waals surface area contributed by atoms with Gasteiger partial charge in [0.05, 0.1) is 18.8 Å². The first-order valence-electron chi connectivity index (χ1n) is 9.53. The van der Waals surface area contributed by atoms with E-state index in [4.69, 9.17) is 9.47 Å². The number of hydrogen-bond donors (Lipinski definition) is 1. The van der Waals surface area contributed by atoms with E-state index < -0.39 is 0 Å². The van der Waals surface area contributed by atoms with Gasteiger partial charge in [0.2, 0.25) is 0 Å². The Hall–Kier alpha value is -3.54. The van der Waals surface area contributed by atoms with Gasteiger partial charge in [-0.15, -0.1) is 6.58 Å². The number of ether oxygens (including phenoxy) is 2. The van der Waals surface area contributed by atoms with Crippen LogP contribution in [0.2, 0.25) is 0 Å². The molecular formula is C23H24N2O4. The van der Waals surface area contributed by atoms with E-state index in [1.807, 2.05) is 38.1 Å². The van der Waals surface area contributed by atoms with Crippen LogP contribution in [0.3, 0.4) is 0 Å². The van der Waals surface area contributed by atoms with Gasteiger partial charge in [-0.05, 0) is 55.8 Å². The number of carbonyl (C=O) groups is 2. The second kappa shape index (κ2) is 9.10. The van der Waals surface area contributed by atoms with E-state index in [0.717, 1.165) is 5.75 Å². The van der Waals surface area contributed by atoms with Gasteiger partial charge in [-0.25, -0.2) is 0 Å². The lowest BCUT2D eigenvalue weighted by Gasteiger charge is -2.12. The molecule has 2 aromatic carbocycles. The molecule has 0 unspecified atom stereocenters. The maximum Gasteiger partial charge on any atom is 0.278 e. The third-order valence-electron chi connectivity index (χ3n) is 4.37. The zero-order valence-corrected chi connectivity index (χ0v) is 16.6. The lowest BCUT2D eigenvalue weighted by molar-refractivity contribution is -0.136. The van der Waals surface area contributed by atoms with Crippen molar-refractivity contribution in [2.45, 2.75) is 13.8 Å². The molecule has 0 radical (unpaired) electrons. The van der Waals surface area contributed by atoms with Gasteiger partial charge in [0.1, 0.15) is 17.2 Å². The van der Waals surface area contributed by atoms with Crippen LogP contribution in [-0.4, -0.2) is 36.5 Å². The molecule has 150 valence electrons. The van der Waals surface area contributed by atoms with Crippen molar-refractivity contribution < 1.29 is 19.1 Å². The molecule has 6 nitrogen and oxygen atoms in total. The predicted molar refractivity (Wildman–Crippen MR) is 113 cm³/mol. The van der Waals surface area contributed by atoms with Gasteiger partial charge in [0.15, 0.2) is 0 Å². The number of nitrogens with zero attached hydrogens (tertiary/aromatic N) is 1. The highest BCUT2D eigenvalue weighted by Gasteiger charge is 2.38. The summed E-state index contributed by atoms with van der Waals surface area (Å²) in [6, 6.07) is 14.4. The van der Waals surface area contributed by atoms with Crippen molar-refractivity contribution in [3.8, 4) is 11.5 Å². The number of carbonyl (C=O) groups excluding carboxylic acids is 2. The number of benzene rings is 2. The van der Waals surface area contributed by atoms with Crippen LogP contribution in [0.25, 0.3) is 5.57 Å². The van der Waals surface area contributed by atoms with E-state index in [1.165, 1.54) is 11.0 Å². The number of anilines is 1. The van der Waals surface area contributed by atoms with Gasteiger partial charge in [-0.2, -0.15) is 0 Å². The maximum atomic E-state index is 13.0. The first-order chi connectivity index (χ1) is 14.1. The van der Waals surface area contributed by atoms with Crippen molar-refractivity contribution in [1.82, 2.24) is 4.90 Å². The maximum absolute atomic E-state index is 13.0. The number of hydrogen-bond acceptors (Lipinski definition) is 5. The summed E-state index contributed by atoms with van der Waals surface area (Å²) in [7, 11) is 0. The predicted octanol–water partition coefficient (Wildman–Crippen LogP) is 3.86. The Balaban J connectivity index is 1.97. The van der Waals surface area contributed by atoms with Crippen LogP contribution in [0.4, 0.5) is 5.69 Å². The Morgan fingerprint density at radius 2 is 1.45 bits per heavy atom. The molecule has 29 heavy (non-hydrogen) atoms. The summed E-state index contributed by atoms with van der Waals surface area (Å²) in [5.74, 6) is 0.707. The van der Waals surface area contributed by atoms with Gasteiger partial charge in [0.25, 0.3) is 11.8 Å². The molecule has 1 heterocycles. The molecule has 2 amide bonds. The zero-order valence-electron chi connectivity index (χ0n) is 16.6. The summed E-state index contributed by atoms with van der Waals surface area (Å²) in [5, 5.41) is 3.11. The van der Waals surface area contributed by atoms with Crippen molar-refractivity contribution in [3.63, 3.8) is 0 Å². The van der Waals surface area contributed by atoms with E-state index in [1.54, 1.807) is 24.3 Å². The Labute approximate surface area is 170 Å². The minimum atomic E-state index is -0.382. The van der Waals surface area contributed by atoms with Crippen LogP contribution in [0, 0.1) is 0 Å². The summed E-state index contributed by atoms with van der Waals surface area (Å²) >= 11 is 0. The molecule has 1 aliphatic rings. The van der Waals surface area contributed by atoms with E-state index in [2.05, 4.69) is 11.9 Å². The minimum Gasteiger partial charge on any atom is -0.494 e. The number of rotatable bonds is 9. The lowest BCUT2D eigenvalue weighted by atomic mass is 10.0. The molecule has 0 saturated heterocycles. The third-order valence-corrected chi connectivity index (χ3v) is 4.37. The molecule has 0 bridgehead atoms. The second-order valence-electron chi connectivity index (χ2n) is 6.30. The highest BCUT2D eigenvalue weighted by molar-refractivity contribution is 6.36. The van der Waals surface area contributed by atoms with Crippen molar-refractivity contribution in [2.75, 3.05) is 25.1 Å². The fourth-order valence-corrected chi connectivity index (χ4v) is 3.08. The van der Waals surface area contributed by atoms with E-state index in [9.17, 15) is 9.59 Å². The molecule has 0 fully saturated rings. The van der Waals surface area contributed by atoms with Gasteiger partial charge >= 0.3 is 0 Å². The molecule has 1 N–H and O–H groups in total. The van der Waals surface area contributed by atoms with Crippen molar-refractivity contribution in [2.24, 2.45) is 0 Å². The third kappa shape index (κ3) is 4.32. The Morgan fingerprint density at radius 3 is 1.97 bits per heavy atom. The summed E-state index contributed by atoms with van der Waals surface area (Å²) in [6.07, 6.45) is 1.53. The van der Waals surface area contributed by atoms with Gasteiger partial charge in [0, 0.05) is 12.2 Å². The Morgan fingerprint density at radius 1 is 0.897 bits per heavy atom. The molecule has 0 aliphatic carbocycles. The number of imide groups is 1. The standard InChI is InChI=1S/C23H24N2O4/c1-4-15-25-22(26)20(16-7-11-18(12-8-16)28-5-2)21(23(25)27)24-17-9-13-19(14-10-17)29-6-3/h4,7-14,24H,1,5-6,15H2,2-3H3. The average molecular weight is 392 g/mol. The van der Waals surface area contributed by atoms with Crippen LogP contribution >= 0.6 is 0 Å². The van der Waals surface area contributed by atoms with Crippen LogP contribution < -0.4 is 14.8 Å². The molecule has 0 atom stereocenters. The van der Waals surface area contributed by atoms with Crippen LogP contribution in [0.5, 0.6) is 11.5 Å². The number of amides is 2. The summed E-state index contributed by atoms with van der Waals surface area (Å²) in [6.45, 7) is 8.73. The summed E-state index contributed by atoms with van der Waals surface area (Å²) in [5.41, 5.74) is 1.90. The van der Waals surface area contributed by atoms with Gasteiger partial charge in [-0.3, -0.25) is 14.5 Å². The highest BCUT2D eigenvalue weighted by Crippen LogP contribution is 2.31. The molecular weight excluding hydrogens is 368 g/mol. The Bertz CT molecular complexity index is 930. The average Bonchev–Trinajstić information content (AvgIpc) is 2.95. The SMILES string of the molecule is C=CCN1C(=O)C(Nc2ccc(OCC)cc2)=C(c2ccc(OCC)cc2)C1=O. The van der Waals surface area contributed by atoms with Crippen LogP contribution in [-0.2, 0) is 9.59 Å². The molecule has 0 saturated carbocycles. The van der Waals surface area contributed by atoms with Crippen LogP contribution in [0.1, 0.15) is 19.4 Å². The van der Waals surface area contributed by atoms with Crippen molar-refractivity contribution >= 4 is 23.1 Å². The highest BCUT2D eigenvalue weighted by atomic mass is 16.5. The van der Waals surface area contributed by atoms with Crippen molar-refractivity contribution in [3.05, 3.63) is 72.4 Å². The first kappa shape index (κ1) is 20.2.